The Kier molecular flexibility index (Phi) is 43.0. The van der Waals surface area contributed by atoms with Crippen LogP contribution in [0, 0.1) is 0 Å². The molecule has 0 N–H and O–H groups in total. The highest BCUT2D eigenvalue weighted by atomic mass is 16.6. The molecular formula is C51H86O6. The Bertz CT molecular complexity index is 1100. The molecule has 0 saturated heterocycles. The third-order valence-electron chi connectivity index (χ3n) is 9.70. The SMILES string of the molecule is CC/C=C\C/C=C\C/C=C\C/C=C\C/C=C\CCCC(=O)OCC(COC(=O)CCCCCCCCC)OC(=O)CCCCCCC/C=C\CCCCCCCC. The highest BCUT2D eigenvalue weighted by Crippen LogP contribution is 2.13. The standard InChI is InChI=1S/C51H86O6/c1-4-7-10-13-16-18-20-22-24-25-27-28-30-32-35-38-41-44-50(53)56-47-48(46-55-49(52)43-40-37-34-15-12-9-6-3)57-51(54)45-42-39-36-33-31-29-26-23-21-19-17-14-11-8-5-2/h7,10,16,18,22-24,26-28,32,35,48H,4-6,8-9,11-15,17,19-21,25,29-31,33-34,36-47H2,1-3H3/b10-7-,18-16-,24-22-,26-23-,28-27-,35-32-. The lowest BCUT2D eigenvalue weighted by Crippen LogP contribution is -2.30. The number of hydrogen-bond acceptors (Lipinski definition) is 6. The van der Waals surface area contributed by atoms with Crippen LogP contribution >= 0.6 is 0 Å². The largest absolute Gasteiger partial charge is 0.462 e. The van der Waals surface area contributed by atoms with Crippen molar-refractivity contribution in [2.24, 2.45) is 0 Å². The summed E-state index contributed by atoms with van der Waals surface area (Å²) in [7, 11) is 0. The molecule has 0 aliphatic carbocycles. The van der Waals surface area contributed by atoms with Gasteiger partial charge in [0.15, 0.2) is 6.10 Å². The van der Waals surface area contributed by atoms with Crippen molar-refractivity contribution in [1.82, 2.24) is 0 Å². The number of ether oxygens (including phenoxy) is 3. The van der Waals surface area contributed by atoms with Crippen molar-refractivity contribution in [3.8, 4) is 0 Å². The van der Waals surface area contributed by atoms with Gasteiger partial charge >= 0.3 is 17.9 Å². The predicted molar refractivity (Wildman–Crippen MR) is 242 cm³/mol. The monoisotopic (exact) mass is 795 g/mol. The summed E-state index contributed by atoms with van der Waals surface area (Å²) in [6.07, 6.45) is 56.1. The van der Waals surface area contributed by atoms with E-state index in [1.165, 1.54) is 77.0 Å². The van der Waals surface area contributed by atoms with Crippen LogP contribution in [0.4, 0.5) is 0 Å². The minimum atomic E-state index is -0.798. The Morgan fingerprint density at radius 3 is 1.16 bits per heavy atom. The van der Waals surface area contributed by atoms with Crippen LogP contribution in [-0.2, 0) is 28.6 Å². The van der Waals surface area contributed by atoms with E-state index in [0.717, 1.165) is 89.9 Å². The summed E-state index contributed by atoms with van der Waals surface area (Å²) in [5.41, 5.74) is 0. The van der Waals surface area contributed by atoms with Crippen molar-refractivity contribution in [2.75, 3.05) is 13.2 Å². The van der Waals surface area contributed by atoms with Gasteiger partial charge in [0.05, 0.1) is 0 Å². The van der Waals surface area contributed by atoms with Crippen LogP contribution in [0.25, 0.3) is 0 Å². The van der Waals surface area contributed by atoms with E-state index in [0.29, 0.717) is 19.3 Å². The van der Waals surface area contributed by atoms with Crippen LogP contribution < -0.4 is 0 Å². The first-order chi connectivity index (χ1) is 28.0. The molecule has 0 aromatic rings. The van der Waals surface area contributed by atoms with E-state index >= 15 is 0 Å². The van der Waals surface area contributed by atoms with E-state index in [9.17, 15) is 14.4 Å². The lowest BCUT2D eigenvalue weighted by molar-refractivity contribution is -0.167. The van der Waals surface area contributed by atoms with Crippen molar-refractivity contribution in [3.63, 3.8) is 0 Å². The Hall–Kier alpha value is -3.15. The maximum Gasteiger partial charge on any atom is 0.306 e. The van der Waals surface area contributed by atoms with Gasteiger partial charge in [0.25, 0.3) is 0 Å². The van der Waals surface area contributed by atoms with Crippen molar-refractivity contribution >= 4 is 17.9 Å². The van der Waals surface area contributed by atoms with Crippen LogP contribution in [0.1, 0.15) is 213 Å². The molecule has 6 nitrogen and oxygen atoms in total. The third kappa shape index (κ3) is 43.8. The van der Waals surface area contributed by atoms with E-state index < -0.39 is 6.10 Å². The summed E-state index contributed by atoms with van der Waals surface area (Å²) in [6, 6.07) is 0. The molecule has 326 valence electrons. The normalized spacial score (nSPS) is 12.7. The van der Waals surface area contributed by atoms with Crippen molar-refractivity contribution in [1.29, 1.82) is 0 Å². The second kappa shape index (κ2) is 45.6. The first kappa shape index (κ1) is 53.9. The van der Waals surface area contributed by atoms with Crippen LogP contribution in [0.2, 0.25) is 0 Å². The summed E-state index contributed by atoms with van der Waals surface area (Å²) in [5.74, 6) is -0.976. The van der Waals surface area contributed by atoms with Gasteiger partial charge in [-0.15, -0.1) is 0 Å². The van der Waals surface area contributed by atoms with Gasteiger partial charge in [0.2, 0.25) is 0 Å². The lowest BCUT2D eigenvalue weighted by Gasteiger charge is -2.18. The maximum atomic E-state index is 12.7. The van der Waals surface area contributed by atoms with Crippen LogP contribution in [-0.4, -0.2) is 37.2 Å². The average Bonchev–Trinajstić information content (AvgIpc) is 3.21. The van der Waals surface area contributed by atoms with E-state index in [-0.39, 0.29) is 37.5 Å². The Morgan fingerprint density at radius 1 is 0.368 bits per heavy atom. The average molecular weight is 795 g/mol. The maximum absolute atomic E-state index is 12.7. The number of rotatable bonds is 41. The zero-order valence-electron chi connectivity index (χ0n) is 37.1. The first-order valence-corrected chi connectivity index (χ1v) is 23.4. The molecule has 0 radical (unpaired) electrons. The summed E-state index contributed by atoms with van der Waals surface area (Å²) >= 11 is 0. The number of esters is 3. The van der Waals surface area contributed by atoms with E-state index in [4.69, 9.17) is 14.2 Å². The quantitative estimate of drug-likeness (QED) is 0.0265. The molecular weight excluding hydrogens is 709 g/mol. The molecule has 0 heterocycles. The van der Waals surface area contributed by atoms with Crippen LogP contribution in [0.3, 0.4) is 0 Å². The molecule has 0 saturated carbocycles. The zero-order chi connectivity index (χ0) is 41.5. The fraction of sp³-hybridized carbons (Fsp3) is 0.706. The second-order valence-electron chi connectivity index (χ2n) is 15.3. The number of unbranched alkanes of at least 4 members (excludes halogenated alkanes) is 18. The molecule has 0 fully saturated rings. The molecule has 0 rings (SSSR count). The van der Waals surface area contributed by atoms with Crippen molar-refractivity contribution in [3.05, 3.63) is 72.9 Å². The molecule has 0 bridgehead atoms. The summed E-state index contributed by atoms with van der Waals surface area (Å²) in [6.45, 7) is 6.40. The van der Waals surface area contributed by atoms with E-state index in [1.807, 2.05) is 0 Å². The molecule has 0 aliphatic rings. The molecule has 0 aromatic heterocycles. The number of carbonyl (C=O) groups is 3. The number of hydrogen-bond donors (Lipinski definition) is 0. The minimum Gasteiger partial charge on any atom is -0.462 e. The highest BCUT2D eigenvalue weighted by molar-refractivity contribution is 5.71. The predicted octanol–water partition coefficient (Wildman–Crippen LogP) is 15.1. The number of carbonyl (C=O) groups excluding carboxylic acids is 3. The molecule has 0 aromatic carbocycles. The minimum absolute atomic E-state index is 0.0965. The molecule has 1 atom stereocenters. The van der Waals surface area contributed by atoms with Gasteiger partial charge in [-0.25, -0.2) is 0 Å². The van der Waals surface area contributed by atoms with Crippen molar-refractivity contribution in [2.45, 2.75) is 219 Å². The van der Waals surface area contributed by atoms with Crippen molar-refractivity contribution < 1.29 is 28.6 Å². The Labute approximate surface area is 351 Å². The van der Waals surface area contributed by atoms with Crippen LogP contribution in [0.5, 0.6) is 0 Å². The van der Waals surface area contributed by atoms with Crippen LogP contribution in [0.15, 0.2) is 72.9 Å². The van der Waals surface area contributed by atoms with Gasteiger partial charge in [-0.3, -0.25) is 14.4 Å². The molecule has 0 amide bonds. The van der Waals surface area contributed by atoms with Gasteiger partial charge in [-0.2, -0.15) is 0 Å². The van der Waals surface area contributed by atoms with Gasteiger partial charge in [0.1, 0.15) is 13.2 Å². The summed E-state index contributed by atoms with van der Waals surface area (Å²) in [5, 5.41) is 0. The smallest absolute Gasteiger partial charge is 0.306 e. The van der Waals surface area contributed by atoms with E-state index in [2.05, 4.69) is 93.7 Å². The lowest BCUT2D eigenvalue weighted by atomic mass is 10.1. The molecule has 1 unspecified atom stereocenters. The molecule has 0 spiro atoms. The van der Waals surface area contributed by atoms with E-state index in [1.54, 1.807) is 0 Å². The topological polar surface area (TPSA) is 78.9 Å². The van der Waals surface area contributed by atoms with Gasteiger partial charge < -0.3 is 14.2 Å². The molecule has 6 heteroatoms. The Morgan fingerprint density at radius 2 is 0.702 bits per heavy atom. The third-order valence-corrected chi connectivity index (χ3v) is 9.70. The molecule has 0 aliphatic heterocycles. The highest BCUT2D eigenvalue weighted by Gasteiger charge is 2.19. The zero-order valence-corrected chi connectivity index (χ0v) is 37.1. The Balaban J connectivity index is 4.41. The summed E-state index contributed by atoms with van der Waals surface area (Å²) < 4.78 is 16.6. The summed E-state index contributed by atoms with van der Waals surface area (Å²) in [4.78, 5) is 37.6. The van der Waals surface area contributed by atoms with Gasteiger partial charge in [-0.05, 0) is 83.5 Å². The molecule has 57 heavy (non-hydrogen) atoms. The fourth-order valence-corrected chi connectivity index (χ4v) is 6.18. The fourth-order valence-electron chi connectivity index (χ4n) is 6.18. The van der Waals surface area contributed by atoms with Gasteiger partial charge in [-0.1, -0.05) is 184 Å². The second-order valence-corrected chi connectivity index (χ2v) is 15.3. The number of allylic oxidation sites excluding steroid dienone is 12. The first-order valence-electron chi connectivity index (χ1n) is 23.4. The van der Waals surface area contributed by atoms with Gasteiger partial charge in [0, 0.05) is 19.3 Å².